The van der Waals surface area contributed by atoms with Gasteiger partial charge in [-0.15, -0.1) is 0 Å². The fraction of sp³-hybridized carbons (Fsp3) is 0.667. The molecule has 0 aliphatic rings. The molecule has 0 amide bonds. The lowest BCUT2D eigenvalue weighted by Gasteiger charge is -2.01. The van der Waals surface area contributed by atoms with Crippen LogP contribution in [0.2, 0.25) is 0 Å². The maximum Gasteiger partial charge on any atom is 0.313 e. The summed E-state index contributed by atoms with van der Waals surface area (Å²) in [6, 6.07) is 0. The van der Waals surface area contributed by atoms with E-state index in [1.54, 1.807) is 4.68 Å². The van der Waals surface area contributed by atoms with Gasteiger partial charge in [0.1, 0.15) is 11.4 Å². The summed E-state index contributed by atoms with van der Waals surface area (Å²) in [4.78, 5) is 10.6. The van der Waals surface area contributed by atoms with Crippen molar-refractivity contribution in [2.45, 2.75) is 33.2 Å². The van der Waals surface area contributed by atoms with Gasteiger partial charge in [-0.1, -0.05) is 29.8 Å². The van der Waals surface area contributed by atoms with Crippen molar-refractivity contribution in [3.8, 4) is 0 Å². The number of hydrogen-bond acceptors (Lipinski definition) is 3. The Bertz CT molecular complexity index is 362. The zero-order chi connectivity index (χ0) is 11.4. The van der Waals surface area contributed by atoms with Crippen molar-refractivity contribution in [3.05, 3.63) is 21.5 Å². The van der Waals surface area contributed by atoms with Crippen LogP contribution in [0.4, 0.5) is 5.69 Å². The predicted molar refractivity (Wildman–Crippen MR) is 61.4 cm³/mol. The largest absolute Gasteiger partial charge is 0.313 e. The molecule has 5 nitrogen and oxygen atoms in total. The van der Waals surface area contributed by atoms with E-state index >= 15 is 0 Å². The molecule has 1 rings (SSSR count). The highest BCUT2D eigenvalue weighted by Gasteiger charge is 2.24. The van der Waals surface area contributed by atoms with Crippen LogP contribution in [-0.4, -0.2) is 20.0 Å². The Labute approximate surface area is 96.7 Å². The van der Waals surface area contributed by atoms with Gasteiger partial charge in [0.25, 0.3) is 0 Å². The Balaban J connectivity index is 3.25. The average Bonchev–Trinajstić information content (AvgIpc) is 2.56. The van der Waals surface area contributed by atoms with E-state index in [1.807, 2.05) is 13.8 Å². The second-order valence-corrected chi connectivity index (χ2v) is 3.91. The van der Waals surface area contributed by atoms with Crippen LogP contribution in [0.1, 0.15) is 25.2 Å². The first kappa shape index (κ1) is 12.2. The number of alkyl halides is 1. The Morgan fingerprint density at radius 3 is 2.53 bits per heavy atom. The van der Waals surface area contributed by atoms with Gasteiger partial charge < -0.3 is 0 Å². The highest BCUT2D eigenvalue weighted by Crippen LogP contribution is 2.24. The molecule has 1 heterocycles. The molecule has 0 atom stereocenters. The minimum Gasteiger partial charge on any atom is -0.261 e. The summed E-state index contributed by atoms with van der Waals surface area (Å²) in [5.74, 6) is 0. The summed E-state index contributed by atoms with van der Waals surface area (Å²) < 4.78 is 1.73. The van der Waals surface area contributed by atoms with Crippen LogP contribution >= 0.6 is 15.9 Å². The monoisotopic (exact) mass is 275 g/mol. The van der Waals surface area contributed by atoms with Gasteiger partial charge >= 0.3 is 5.69 Å². The Kier molecular flexibility index (Phi) is 4.26. The number of rotatable bonds is 5. The van der Waals surface area contributed by atoms with Crippen LogP contribution in [0.15, 0.2) is 0 Å². The van der Waals surface area contributed by atoms with Crippen LogP contribution < -0.4 is 0 Å². The highest BCUT2D eigenvalue weighted by atomic mass is 79.9. The topological polar surface area (TPSA) is 61.0 Å². The highest BCUT2D eigenvalue weighted by molar-refractivity contribution is 9.09. The van der Waals surface area contributed by atoms with Crippen molar-refractivity contribution >= 4 is 21.6 Å². The zero-order valence-corrected chi connectivity index (χ0v) is 10.5. The van der Waals surface area contributed by atoms with Crippen molar-refractivity contribution in [1.82, 2.24) is 9.78 Å². The quantitative estimate of drug-likeness (QED) is 0.471. The van der Waals surface area contributed by atoms with Crippen molar-refractivity contribution in [3.63, 3.8) is 0 Å². The third-order valence-electron chi connectivity index (χ3n) is 2.25. The molecule has 1 aromatic rings. The summed E-state index contributed by atoms with van der Waals surface area (Å²) in [5.41, 5.74) is 1.50. The minimum atomic E-state index is -0.324. The summed E-state index contributed by atoms with van der Waals surface area (Å²) in [7, 11) is 0. The first-order chi connectivity index (χ1) is 7.15. The average molecular weight is 276 g/mol. The molecule has 0 fully saturated rings. The summed E-state index contributed by atoms with van der Waals surface area (Å²) in [6.45, 7) is 4.46. The van der Waals surface area contributed by atoms with E-state index in [0.717, 1.165) is 11.0 Å². The maximum atomic E-state index is 10.9. The standard InChI is InChI=1S/C9H14BrN3O2/c1-3-7-9(13(14)15)8(4-2)12(11-7)6-5-10/h3-6H2,1-2H3. The van der Waals surface area contributed by atoms with Crippen LogP contribution in [0.25, 0.3) is 0 Å². The van der Waals surface area contributed by atoms with Crippen molar-refractivity contribution < 1.29 is 4.92 Å². The normalized spacial score (nSPS) is 10.6. The van der Waals surface area contributed by atoms with E-state index in [4.69, 9.17) is 0 Å². The molecule has 0 N–H and O–H groups in total. The van der Waals surface area contributed by atoms with Crippen molar-refractivity contribution in [1.29, 1.82) is 0 Å². The second-order valence-electron chi connectivity index (χ2n) is 3.12. The van der Waals surface area contributed by atoms with Gasteiger partial charge in [-0.25, -0.2) is 0 Å². The molecule has 84 valence electrons. The molecule has 0 unspecified atom stereocenters. The maximum absolute atomic E-state index is 10.9. The number of aromatic nitrogens is 2. The molecule has 1 aromatic heterocycles. The lowest BCUT2D eigenvalue weighted by atomic mass is 10.2. The van der Waals surface area contributed by atoms with E-state index in [1.165, 1.54) is 0 Å². The number of aryl methyl sites for hydroxylation is 2. The molecule has 0 saturated heterocycles. The second kappa shape index (κ2) is 5.25. The summed E-state index contributed by atoms with van der Waals surface area (Å²) in [6.07, 6.45) is 1.23. The summed E-state index contributed by atoms with van der Waals surface area (Å²) >= 11 is 3.31. The zero-order valence-electron chi connectivity index (χ0n) is 8.86. The molecular weight excluding hydrogens is 262 g/mol. The molecule has 0 saturated carbocycles. The number of nitro groups is 1. The molecule has 0 radical (unpaired) electrons. The van der Waals surface area contributed by atoms with Crippen LogP contribution in [0.3, 0.4) is 0 Å². The molecule has 0 aliphatic heterocycles. The molecule has 0 aromatic carbocycles. The van der Waals surface area contributed by atoms with Gasteiger partial charge in [-0.3, -0.25) is 14.8 Å². The van der Waals surface area contributed by atoms with Gasteiger partial charge in [-0.2, -0.15) is 5.10 Å². The lowest BCUT2D eigenvalue weighted by Crippen LogP contribution is -2.06. The van der Waals surface area contributed by atoms with Gasteiger partial charge in [0.2, 0.25) is 0 Å². The van der Waals surface area contributed by atoms with Crippen LogP contribution in [-0.2, 0) is 19.4 Å². The molecule has 0 bridgehead atoms. The predicted octanol–water partition coefficient (Wildman–Crippen LogP) is 2.31. The van der Waals surface area contributed by atoms with E-state index in [-0.39, 0.29) is 10.6 Å². The lowest BCUT2D eigenvalue weighted by molar-refractivity contribution is -0.386. The number of halogens is 1. The number of nitrogens with zero attached hydrogens (tertiary/aromatic N) is 3. The van der Waals surface area contributed by atoms with E-state index < -0.39 is 0 Å². The van der Waals surface area contributed by atoms with E-state index in [0.29, 0.717) is 25.1 Å². The SMILES string of the molecule is CCc1nn(CCBr)c(CC)c1[N+](=O)[O-]. The Morgan fingerprint density at radius 2 is 2.13 bits per heavy atom. The van der Waals surface area contributed by atoms with E-state index in [2.05, 4.69) is 21.0 Å². The third kappa shape index (κ3) is 2.37. The molecule has 6 heteroatoms. The van der Waals surface area contributed by atoms with Crippen LogP contribution in [0, 0.1) is 10.1 Å². The van der Waals surface area contributed by atoms with E-state index in [9.17, 15) is 10.1 Å². The van der Waals surface area contributed by atoms with Gasteiger partial charge in [-0.05, 0) is 12.8 Å². The molecule has 0 aliphatic carbocycles. The fourth-order valence-corrected chi connectivity index (χ4v) is 1.94. The summed E-state index contributed by atoms with van der Waals surface area (Å²) in [5, 5.41) is 15.9. The van der Waals surface area contributed by atoms with Gasteiger partial charge in [0.15, 0.2) is 0 Å². The van der Waals surface area contributed by atoms with Crippen molar-refractivity contribution in [2.75, 3.05) is 5.33 Å². The molecule has 0 spiro atoms. The number of hydrogen-bond donors (Lipinski definition) is 0. The first-order valence-electron chi connectivity index (χ1n) is 4.94. The minimum absolute atomic E-state index is 0.195. The molecule has 15 heavy (non-hydrogen) atoms. The first-order valence-corrected chi connectivity index (χ1v) is 6.06. The fourth-order valence-electron chi connectivity index (χ4n) is 1.61. The van der Waals surface area contributed by atoms with Crippen molar-refractivity contribution in [2.24, 2.45) is 0 Å². The smallest absolute Gasteiger partial charge is 0.261 e. The van der Waals surface area contributed by atoms with Crippen LogP contribution in [0.5, 0.6) is 0 Å². The Hall–Kier alpha value is -0.910. The molecular formula is C9H14BrN3O2. The van der Waals surface area contributed by atoms with Gasteiger partial charge in [0.05, 0.1) is 11.5 Å². The Morgan fingerprint density at radius 1 is 1.47 bits per heavy atom. The third-order valence-corrected chi connectivity index (χ3v) is 2.60. The van der Waals surface area contributed by atoms with Gasteiger partial charge in [0, 0.05) is 5.33 Å².